The van der Waals surface area contributed by atoms with Crippen LogP contribution in [0.1, 0.15) is 6.42 Å². The molecule has 0 fully saturated rings. The van der Waals surface area contributed by atoms with Gasteiger partial charge in [-0.05, 0) is 0 Å². The second kappa shape index (κ2) is 7.28. The van der Waals surface area contributed by atoms with Gasteiger partial charge in [-0.2, -0.15) is 0 Å². The maximum atomic E-state index is 11.7. The summed E-state index contributed by atoms with van der Waals surface area (Å²) < 4.78 is 0.180. The normalized spacial score (nSPS) is 17.8. The van der Waals surface area contributed by atoms with Crippen molar-refractivity contribution in [2.24, 2.45) is 11.5 Å². The Labute approximate surface area is 126 Å². The van der Waals surface area contributed by atoms with E-state index in [9.17, 15) is 19.2 Å². The first-order valence-electron chi connectivity index (χ1n) is 5.83. The van der Waals surface area contributed by atoms with Gasteiger partial charge in [-0.3, -0.25) is 0 Å². The Balaban J connectivity index is 2.81. The Hall–Kier alpha value is -1.80. The number of rotatable bonds is 7. The monoisotopic (exact) mass is 362 g/mol. The van der Waals surface area contributed by atoms with Gasteiger partial charge < -0.3 is 0 Å². The summed E-state index contributed by atoms with van der Waals surface area (Å²) in [6, 6.07) is -2.28. The van der Waals surface area contributed by atoms with Gasteiger partial charge in [0.1, 0.15) is 0 Å². The Morgan fingerprint density at radius 3 is 2.19 bits per heavy atom. The van der Waals surface area contributed by atoms with Crippen LogP contribution < -0.4 is 11.5 Å². The third-order valence-corrected chi connectivity index (χ3v) is 4.98. The first-order valence-corrected chi connectivity index (χ1v) is 7.89. The van der Waals surface area contributed by atoms with Gasteiger partial charge in [0.05, 0.1) is 0 Å². The molecule has 0 radical (unpaired) electrons. The van der Waals surface area contributed by atoms with Crippen LogP contribution in [-0.4, -0.2) is 60.8 Å². The van der Waals surface area contributed by atoms with Crippen LogP contribution in [-0.2, 0) is 19.2 Å². The quantitative estimate of drug-likeness (QED) is 0.237. The van der Waals surface area contributed by atoms with Crippen LogP contribution in [0, 0.1) is 0 Å². The van der Waals surface area contributed by atoms with Crippen molar-refractivity contribution in [1.82, 2.24) is 0 Å². The van der Waals surface area contributed by atoms with E-state index in [1.165, 1.54) is 6.08 Å². The molecule has 114 valence electrons. The van der Waals surface area contributed by atoms with E-state index in [0.29, 0.717) is 5.57 Å². The minimum atomic E-state index is -1.21. The van der Waals surface area contributed by atoms with Crippen molar-refractivity contribution in [2.45, 2.75) is 23.8 Å². The average Bonchev–Trinajstić information content (AvgIpc) is 2.40. The summed E-state index contributed by atoms with van der Waals surface area (Å²) in [5, 5.41) is 17.5. The fourth-order valence-corrected chi connectivity index (χ4v) is 3.48. The van der Waals surface area contributed by atoms with Crippen LogP contribution in [0.15, 0.2) is 22.2 Å². The molecule has 2 atom stereocenters. The van der Waals surface area contributed by atoms with E-state index < -0.39 is 50.5 Å². The predicted molar refractivity (Wildman–Crippen MR) is 72.6 cm³/mol. The number of aliphatic carboxylic acids is 2. The van der Waals surface area contributed by atoms with Crippen molar-refractivity contribution in [2.75, 3.05) is 0 Å². The number of Topliss-reactive ketones (excluding diaryl/α,β-unsaturated/α-hetero) is 1. The van der Waals surface area contributed by atoms with Crippen molar-refractivity contribution >= 4 is 38.5 Å². The number of hydrogen-bond donors (Lipinski definition) is 4. The molecule has 6 N–H and O–H groups in total. The van der Waals surface area contributed by atoms with Crippen molar-refractivity contribution in [1.29, 1.82) is 0 Å². The van der Waals surface area contributed by atoms with E-state index in [2.05, 4.69) is 0 Å². The van der Waals surface area contributed by atoms with Gasteiger partial charge in [0.25, 0.3) is 0 Å². The first kappa shape index (κ1) is 17.3. The molecule has 0 aromatic carbocycles. The summed E-state index contributed by atoms with van der Waals surface area (Å²) >= 11 is -0.586. The van der Waals surface area contributed by atoms with Crippen LogP contribution >= 0.6 is 0 Å². The van der Waals surface area contributed by atoms with E-state index >= 15 is 0 Å². The summed E-state index contributed by atoms with van der Waals surface area (Å²) in [6.07, 6.45) is 2.38. The third-order valence-electron chi connectivity index (χ3n) is 2.59. The number of ketones is 2. The SMILES string of the molecule is N[C@@H](C[Se]C1=CC(C[C@H](N)C(=O)O)=CC(=O)C1=O)C(=O)O. The van der Waals surface area contributed by atoms with Gasteiger partial charge in [0.2, 0.25) is 0 Å². The van der Waals surface area contributed by atoms with Crippen LogP contribution in [0.2, 0.25) is 5.32 Å². The molecule has 0 spiro atoms. The topological polar surface area (TPSA) is 161 Å². The number of carbonyl (C=O) groups is 4. The zero-order chi connectivity index (χ0) is 16.2. The molecule has 8 nitrogen and oxygen atoms in total. The van der Waals surface area contributed by atoms with Crippen molar-refractivity contribution < 1.29 is 29.4 Å². The third kappa shape index (κ3) is 4.91. The molecule has 21 heavy (non-hydrogen) atoms. The van der Waals surface area contributed by atoms with Gasteiger partial charge >= 0.3 is 125 Å². The second-order valence-corrected chi connectivity index (χ2v) is 6.55. The molecule has 0 amide bonds. The van der Waals surface area contributed by atoms with E-state index in [1.807, 2.05) is 0 Å². The molecule has 0 aliphatic heterocycles. The number of carbonyl (C=O) groups excluding carboxylic acids is 2. The Morgan fingerprint density at radius 2 is 1.67 bits per heavy atom. The van der Waals surface area contributed by atoms with Crippen molar-refractivity contribution in [3.8, 4) is 0 Å². The Kier molecular flexibility index (Phi) is 5.98. The standard InChI is InChI=1S/C12H14N2O6Se/c13-6(11(17)18)1-5-2-8(15)10(16)9(3-5)21-4-7(14)12(19)20/h2-3,6-7H,1,4,13-14H2,(H,17,18)(H,19,20)/t6-,7-/m0/s1. The van der Waals surface area contributed by atoms with Gasteiger partial charge in [-0.15, -0.1) is 0 Å². The first-order chi connectivity index (χ1) is 9.72. The number of carboxylic acids is 2. The molecule has 9 heteroatoms. The summed E-state index contributed by atoms with van der Waals surface area (Å²) in [5.74, 6) is -3.87. The van der Waals surface area contributed by atoms with Crippen molar-refractivity contribution in [3.05, 3.63) is 22.2 Å². The fraction of sp³-hybridized carbons (Fsp3) is 0.333. The molecule has 0 unspecified atom stereocenters. The van der Waals surface area contributed by atoms with E-state index in [0.717, 1.165) is 6.08 Å². The molecule has 1 rings (SSSR count). The summed E-state index contributed by atoms with van der Waals surface area (Å²) in [4.78, 5) is 44.6. The predicted octanol–water partition coefficient (Wildman–Crippen LogP) is -1.72. The van der Waals surface area contributed by atoms with Crippen LogP contribution in [0.5, 0.6) is 0 Å². The van der Waals surface area contributed by atoms with E-state index in [1.54, 1.807) is 0 Å². The molecule has 0 heterocycles. The molecule has 0 saturated heterocycles. The Bertz CT molecular complexity index is 554. The number of nitrogens with two attached hydrogens (primary N) is 2. The zero-order valence-electron chi connectivity index (χ0n) is 10.8. The Morgan fingerprint density at radius 1 is 1.10 bits per heavy atom. The molecular formula is C12H14N2O6Se. The van der Waals surface area contributed by atoms with Gasteiger partial charge in [0, 0.05) is 0 Å². The molecule has 0 saturated carbocycles. The molecule has 0 aromatic rings. The molecule has 1 aliphatic rings. The zero-order valence-corrected chi connectivity index (χ0v) is 12.5. The number of hydrogen-bond acceptors (Lipinski definition) is 6. The van der Waals surface area contributed by atoms with Crippen molar-refractivity contribution in [3.63, 3.8) is 0 Å². The molecular weight excluding hydrogens is 347 g/mol. The summed E-state index contributed by atoms with van der Waals surface area (Å²) in [7, 11) is 0. The fourth-order valence-electron chi connectivity index (χ4n) is 1.45. The number of carboxylic acid groups (broad SMARTS) is 2. The van der Waals surface area contributed by atoms with Gasteiger partial charge in [-0.1, -0.05) is 0 Å². The van der Waals surface area contributed by atoms with Gasteiger partial charge in [0.15, 0.2) is 0 Å². The minimum absolute atomic E-state index is 0.0610. The second-order valence-electron chi connectivity index (χ2n) is 4.33. The average molecular weight is 361 g/mol. The molecule has 0 aromatic heterocycles. The van der Waals surface area contributed by atoms with Crippen LogP contribution in [0.25, 0.3) is 0 Å². The van der Waals surface area contributed by atoms with Crippen LogP contribution in [0.3, 0.4) is 0 Å². The van der Waals surface area contributed by atoms with Gasteiger partial charge in [-0.25, -0.2) is 0 Å². The molecule has 1 aliphatic carbocycles. The maximum absolute atomic E-state index is 11.7. The summed E-state index contributed by atoms with van der Waals surface area (Å²) in [5.41, 5.74) is 11.1. The van der Waals surface area contributed by atoms with E-state index in [-0.39, 0.29) is 16.2 Å². The van der Waals surface area contributed by atoms with Crippen LogP contribution in [0.4, 0.5) is 0 Å². The van der Waals surface area contributed by atoms with E-state index in [4.69, 9.17) is 21.7 Å². The molecule has 0 bridgehead atoms. The summed E-state index contributed by atoms with van der Waals surface area (Å²) in [6.45, 7) is 0. The number of allylic oxidation sites excluding steroid dienone is 3.